The van der Waals surface area contributed by atoms with Gasteiger partial charge in [-0.05, 0) is 92.6 Å². The largest absolute Gasteiger partial charge is 0.641 e. The number of hydrogen-bond acceptors (Lipinski definition) is 4. The van der Waals surface area contributed by atoms with E-state index in [9.17, 15) is 0 Å². The van der Waals surface area contributed by atoms with Crippen LogP contribution in [0.25, 0.3) is 61.1 Å². The molecular formula is C54H45N4O2-. The van der Waals surface area contributed by atoms with Gasteiger partial charge in [0.15, 0.2) is 5.58 Å². The van der Waals surface area contributed by atoms with Crippen molar-refractivity contribution < 1.29 is 9.15 Å². The van der Waals surface area contributed by atoms with Crippen molar-refractivity contribution in [2.45, 2.75) is 89.2 Å². The molecule has 0 bridgehead atoms. The van der Waals surface area contributed by atoms with Crippen molar-refractivity contribution in [2.75, 3.05) is 0 Å². The summed E-state index contributed by atoms with van der Waals surface area (Å²) in [6, 6.07) is 33.3. The molecule has 13 rings (SSSR count). The molecule has 2 atom stereocenters. The zero-order valence-electron chi connectivity index (χ0n) is 34.8. The maximum absolute atomic E-state index is 7.00. The molecule has 1 aliphatic heterocycles. The third-order valence-corrected chi connectivity index (χ3v) is 15.0. The molecule has 0 amide bonds. The second kappa shape index (κ2) is 11.4. The van der Waals surface area contributed by atoms with E-state index in [0.29, 0.717) is 34.2 Å². The first-order chi connectivity index (χ1) is 29.0. The molecule has 0 saturated heterocycles. The maximum Gasteiger partial charge on any atom is 0.227 e. The van der Waals surface area contributed by atoms with Crippen LogP contribution in [0.2, 0.25) is 0 Å². The van der Waals surface area contributed by atoms with Crippen LogP contribution in [0.5, 0.6) is 5.75 Å². The van der Waals surface area contributed by atoms with Crippen LogP contribution in [0.1, 0.15) is 106 Å². The maximum atomic E-state index is 7.00. The number of aromatic nitrogens is 3. The highest BCUT2D eigenvalue weighted by Gasteiger charge is 2.43. The number of oxazole rings is 1. The molecule has 0 saturated carbocycles. The number of benzene rings is 5. The first-order valence-electron chi connectivity index (χ1n) is 21.5. The highest BCUT2D eigenvalue weighted by molar-refractivity contribution is 6.13. The zero-order valence-corrected chi connectivity index (χ0v) is 34.8. The van der Waals surface area contributed by atoms with E-state index in [1.165, 1.54) is 66.8 Å². The number of imidazole rings is 1. The van der Waals surface area contributed by atoms with Gasteiger partial charge in [0, 0.05) is 33.3 Å². The number of hydrogen-bond donors (Lipinski definition) is 1. The van der Waals surface area contributed by atoms with Gasteiger partial charge in [0.1, 0.15) is 28.1 Å². The number of nitrogens with zero attached hydrogens (tertiary/aromatic N) is 3. The van der Waals surface area contributed by atoms with Crippen molar-refractivity contribution in [3.8, 4) is 28.3 Å². The van der Waals surface area contributed by atoms with E-state index in [-0.39, 0.29) is 16.2 Å². The summed E-state index contributed by atoms with van der Waals surface area (Å²) in [6.45, 7) is 14.0. The number of nitrogens with one attached hydrogen (secondary N) is 1. The Morgan fingerprint density at radius 1 is 0.700 bits per heavy atom. The van der Waals surface area contributed by atoms with E-state index in [1.54, 1.807) is 0 Å². The number of allylic oxidation sites excluding steroid dienone is 7. The van der Waals surface area contributed by atoms with Gasteiger partial charge in [0.05, 0.1) is 6.23 Å². The van der Waals surface area contributed by atoms with Crippen molar-refractivity contribution in [3.63, 3.8) is 0 Å². The molecule has 5 aromatic carbocycles. The zero-order chi connectivity index (χ0) is 40.4. The normalized spacial score (nSPS) is 21.9. The Kier molecular flexibility index (Phi) is 6.58. The Morgan fingerprint density at radius 2 is 1.43 bits per heavy atom. The van der Waals surface area contributed by atoms with Crippen LogP contribution in [-0.2, 0) is 16.2 Å². The van der Waals surface area contributed by atoms with Crippen LogP contribution in [0.15, 0.2) is 130 Å². The van der Waals surface area contributed by atoms with Gasteiger partial charge in [-0.15, -0.1) is 0 Å². The summed E-state index contributed by atoms with van der Waals surface area (Å²) in [5.74, 6) is 2.41. The summed E-state index contributed by atoms with van der Waals surface area (Å²) in [7, 11) is 0. The number of fused-ring (bicyclic) bond motifs is 14. The average molecular weight is 782 g/mol. The molecule has 6 nitrogen and oxygen atoms in total. The molecule has 6 heteroatoms. The van der Waals surface area contributed by atoms with Gasteiger partial charge >= 0.3 is 0 Å². The lowest BCUT2D eigenvalue weighted by molar-refractivity contribution is 0.296. The Balaban J connectivity index is 0.949. The summed E-state index contributed by atoms with van der Waals surface area (Å²) in [6.07, 6.45) is 9.27. The highest BCUT2D eigenvalue weighted by Crippen LogP contribution is 2.58. The molecular weight excluding hydrogens is 737 g/mol. The molecule has 2 aromatic heterocycles. The van der Waals surface area contributed by atoms with Gasteiger partial charge in [-0.3, -0.25) is 0 Å². The first-order valence-corrected chi connectivity index (χ1v) is 21.5. The topological polar surface area (TPSA) is 78.0 Å². The molecule has 2 unspecified atom stereocenters. The Labute approximate surface area is 349 Å². The smallest absolute Gasteiger partial charge is 0.227 e. The second-order valence-electron chi connectivity index (χ2n) is 19.3. The lowest BCUT2D eigenvalue weighted by Crippen LogP contribution is -2.20. The molecule has 1 N–H and O–H groups in total. The van der Waals surface area contributed by atoms with E-state index < -0.39 is 6.23 Å². The van der Waals surface area contributed by atoms with Crippen molar-refractivity contribution >= 4 is 39.0 Å². The third-order valence-electron chi connectivity index (χ3n) is 15.0. The summed E-state index contributed by atoms with van der Waals surface area (Å²) in [5, 5.41) is 5.38. The molecule has 3 heterocycles. The molecule has 294 valence electrons. The summed E-state index contributed by atoms with van der Waals surface area (Å²) < 4.78 is 13.9. The van der Waals surface area contributed by atoms with Gasteiger partial charge in [0.2, 0.25) is 5.89 Å². The Hall–Kier alpha value is -6.40. The van der Waals surface area contributed by atoms with Gasteiger partial charge in [-0.25, -0.2) is 9.97 Å². The Bertz CT molecular complexity index is 3230. The molecule has 0 fully saturated rings. The van der Waals surface area contributed by atoms with E-state index in [2.05, 4.69) is 156 Å². The second-order valence-corrected chi connectivity index (χ2v) is 19.3. The molecule has 0 radical (unpaired) electrons. The van der Waals surface area contributed by atoms with Crippen LogP contribution >= 0.6 is 0 Å². The predicted molar refractivity (Wildman–Crippen MR) is 241 cm³/mol. The molecule has 7 aromatic rings. The van der Waals surface area contributed by atoms with Crippen molar-refractivity contribution in [1.82, 2.24) is 15.0 Å². The van der Waals surface area contributed by atoms with Gasteiger partial charge in [-0.1, -0.05) is 150 Å². The van der Waals surface area contributed by atoms with Crippen LogP contribution in [0.4, 0.5) is 5.69 Å². The minimum atomic E-state index is -0.469. The molecule has 6 aliphatic rings. The van der Waals surface area contributed by atoms with Crippen LogP contribution in [-0.4, -0.2) is 21.2 Å². The molecule has 5 aliphatic carbocycles. The lowest BCUT2D eigenvalue weighted by Gasteiger charge is -2.31. The summed E-state index contributed by atoms with van der Waals surface area (Å²) in [4.78, 5) is 14.3. The SMILES string of the molecule is CC1(C)C2=C(CCC(C3[N-]c4c(c5[nH]c(-c6ccc7c(c6)C(C)(C)c6ccccc6-7)nc5c5oc(C6=CCC7C(=C6)C(C)(C)c6ccccc67)nc45)O3)=C2)c2ccccc21. The third kappa shape index (κ3) is 4.38. The van der Waals surface area contributed by atoms with Crippen molar-refractivity contribution in [1.29, 1.82) is 0 Å². The number of rotatable bonds is 3. The first kappa shape index (κ1) is 34.5. The fraction of sp³-hybridized carbons (Fsp3) is 0.259. The molecule has 60 heavy (non-hydrogen) atoms. The fourth-order valence-corrected chi connectivity index (χ4v) is 11.8. The van der Waals surface area contributed by atoms with Gasteiger partial charge in [-0.2, -0.15) is 0 Å². The van der Waals surface area contributed by atoms with E-state index in [1.807, 2.05) is 0 Å². The Morgan fingerprint density at radius 3 is 2.27 bits per heavy atom. The van der Waals surface area contributed by atoms with E-state index in [0.717, 1.165) is 47.4 Å². The average Bonchev–Trinajstić information content (AvgIpc) is 4.11. The predicted octanol–water partition coefficient (Wildman–Crippen LogP) is 13.7. The summed E-state index contributed by atoms with van der Waals surface area (Å²) in [5.41, 5.74) is 21.5. The van der Waals surface area contributed by atoms with E-state index in [4.69, 9.17) is 24.4 Å². The highest BCUT2D eigenvalue weighted by atomic mass is 16.5. The quantitative estimate of drug-likeness (QED) is 0.194. The minimum Gasteiger partial charge on any atom is -0.641 e. The van der Waals surface area contributed by atoms with Crippen LogP contribution in [0, 0.1) is 0 Å². The van der Waals surface area contributed by atoms with E-state index >= 15 is 0 Å². The summed E-state index contributed by atoms with van der Waals surface area (Å²) >= 11 is 0. The number of ether oxygens (including phenoxy) is 1. The van der Waals surface area contributed by atoms with Crippen molar-refractivity contribution in [3.05, 3.63) is 171 Å². The van der Waals surface area contributed by atoms with Gasteiger partial charge in [0.25, 0.3) is 0 Å². The number of H-pyrrole nitrogens is 1. The fourth-order valence-electron chi connectivity index (χ4n) is 11.8. The minimum absolute atomic E-state index is 0.0845. The number of aromatic amines is 1. The van der Waals surface area contributed by atoms with Crippen molar-refractivity contribution in [2.24, 2.45) is 0 Å². The standard InChI is InChI=1S/C54H45N4O2/c1-52(2)37-16-10-7-13-31(37)34-22-19-28(25-40(34)52)49-55-43-44(56-49)48-46(58-51(60-48)30-21-24-36-33-15-9-12-18-39(33)54(5,6)42(36)27-30)45-47(43)59-50(57-45)29-20-23-35-32-14-8-11-17-38(32)53(3,4)41(35)26-29/h7-20,22,25-27,35,51H,21,23-24H2,1-6H3,(H,55,56)/q-1. The van der Waals surface area contributed by atoms with Crippen LogP contribution in [0.3, 0.4) is 0 Å². The lowest BCUT2D eigenvalue weighted by atomic mass is 9.77. The van der Waals surface area contributed by atoms with Crippen LogP contribution < -0.4 is 4.74 Å². The molecule has 0 spiro atoms. The monoisotopic (exact) mass is 781 g/mol. The van der Waals surface area contributed by atoms with Gasteiger partial charge < -0.3 is 19.5 Å².